The molecule has 0 aliphatic rings. The highest BCUT2D eigenvalue weighted by Crippen LogP contribution is 2.19. The van der Waals surface area contributed by atoms with Crippen LogP contribution in [0.15, 0.2) is 6.20 Å². The summed E-state index contributed by atoms with van der Waals surface area (Å²) >= 11 is 0. The Morgan fingerprint density at radius 3 is 2.76 bits per heavy atom. The normalized spacial score (nSPS) is 11.8. The monoisotopic (exact) mass is 292 g/mol. The average Bonchev–Trinajstić information content (AvgIpc) is 2.84. The SMILES string of the molecule is CNc1nc(CN(CCCO)C(C)C)nc2c1cnn2C. The van der Waals surface area contributed by atoms with Crippen molar-refractivity contribution in [2.24, 2.45) is 7.05 Å². The summed E-state index contributed by atoms with van der Waals surface area (Å²) < 4.78 is 1.76. The van der Waals surface area contributed by atoms with Crippen molar-refractivity contribution in [2.45, 2.75) is 32.9 Å². The van der Waals surface area contributed by atoms with Gasteiger partial charge in [-0.05, 0) is 20.3 Å². The van der Waals surface area contributed by atoms with E-state index in [9.17, 15) is 0 Å². The van der Waals surface area contributed by atoms with Gasteiger partial charge in [0, 0.05) is 33.3 Å². The van der Waals surface area contributed by atoms with Crippen LogP contribution in [0.3, 0.4) is 0 Å². The second-order valence-corrected chi connectivity index (χ2v) is 5.39. The van der Waals surface area contributed by atoms with Crippen LogP contribution in [0, 0.1) is 0 Å². The predicted molar refractivity (Wildman–Crippen MR) is 83.1 cm³/mol. The van der Waals surface area contributed by atoms with Crippen LogP contribution >= 0.6 is 0 Å². The summed E-state index contributed by atoms with van der Waals surface area (Å²) in [6.45, 7) is 5.97. The fraction of sp³-hybridized carbons (Fsp3) is 0.643. The van der Waals surface area contributed by atoms with Gasteiger partial charge in [0.05, 0.1) is 18.1 Å². The number of aliphatic hydroxyl groups is 1. The topological polar surface area (TPSA) is 79.1 Å². The first-order valence-corrected chi connectivity index (χ1v) is 7.28. The molecule has 2 rings (SSSR count). The lowest BCUT2D eigenvalue weighted by Gasteiger charge is -2.25. The maximum Gasteiger partial charge on any atom is 0.163 e. The number of aromatic nitrogens is 4. The van der Waals surface area contributed by atoms with E-state index < -0.39 is 0 Å². The quantitative estimate of drug-likeness (QED) is 0.792. The van der Waals surface area contributed by atoms with Crippen molar-refractivity contribution in [3.63, 3.8) is 0 Å². The smallest absolute Gasteiger partial charge is 0.163 e. The van der Waals surface area contributed by atoms with E-state index in [-0.39, 0.29) is 6.61 Å². The number of rotatable bonds is 7. The number of hydrogen-bond donors (Lipinski definition) is 2. The number of aliphatic hydroxyl groups excluding tert-OH is 1. The number of hydrogen-bond acceptors (Lipinski definition) is 6. The Balaban J connectivity index is 2.30. The minimum absolute atomic E-state index is 0.201. The molecule has 2 aromatic rings. The van der Waals surface area contributed by atoms with Crippen LogP contribution in [0.25, 0.3) is 11.0 Å². The van der Waals surface area contributed by atoms with E-state index in [1.165, 1.54) is 0 Å². The zero-order valence-electron chi connectivity index (χ0n) is 13.2. The molecule has 0 saturated carbocycles. The van der Waals surface area contributed by atoms with Gasteiger partial charge in [-0.1, -0.05) is 0 Å². The van der Waals surface area contributed by atoms with Crippen molar-refractivity contribution < 1.29 is 5.11 Å². The third kappa shape index (κ3) is 3.48. The molecule has 7 heteroatoms. The molecule has 0 spiro atoms. The van der Waals surface area contributed by atoms with Gasteiger partial charge < -0.3 is 10.4 Å². The third-order valence-electron chi connectivity index (χ3n) is 3.55. The molecule has 0 aliphatic heterocycles. The largest absolute Gasteiger partial charge is 0.396 e. The number of nitrogens with zero attached hydrogens (tertiary/aromatic N) is 5. The summed E-state index contributed by atoms with van der Waals surface area (Å²) in [5.74, 6) is 1.57. The number of anilines is 1. The van der Waals surface area contributed by atoms with E-state index in [0.717, 1.165) is 35.6 Å². The fourth-order valence-corrected chi connectivity index (χ4v) is 2.30. The summed E-state index contributed by atoms with van der Waals surface area (Å²) in [7, 11) is 3.73. The minimum atomic E-state index is 0.201. The highest BCUT2D eigenvalue weighted by atomic mass is 16.3. The Morgan fingerprint density at radius 2 is 2.14 bits per heavy atom. The molecule has 0 aliphatic carbocycles. The van der Waals surface area contributed by atoms with Gasteiger partial charge in [0.1, 0.15) is 11.6 Å². The van der Waals surface area contributed by atoms with Crippen molar-refractivity contribution in [3.8, 4) is 0 Å². The van der Waals surface area contributed by atoms with Crippen LogP contribution in [0.1, 0.15) is 26.1 Å². The zero-order valence-corrected chi connectivity index (χ0v) is 13.2. The predicted octanol–water partition coefficient (Wildman–Crippen LogP) is 0.998. The third-order valence-corrected chi connectivity index (χ3v) is 3.55. The van der Waals surface area contributed by atoms with Crippen molar-refractivity contribution in [2.75, 3.05) is 25.5 Å². The van der Waals surface area contributed by atoms with E-state index in [2.05, 4.69) is 39.1 Å². The van der Waals surface area contributed by atoms with Crippen molar-refractivity contribution in [1.29, 1.82) is 0 Å². The molecule has 0 amide bonds. The summed E-state index contributed by atoms with van der Waals surface area (Å²) in [4.78, 5) is 11.5. The lowest BCUT2D eigenvalue weighted by molar-refractivity contribution is 0.181. The van der Waals surface area contributed by atoms with E-state index in [4.69, 9.17) is 5.11 Å². The van der Waals surface area contributed by atoms with E-state index in [1.54, 1.807) is 10.9 Å². The van der Waals surface area contributed by atoms with Crippen LogP contribution in [0.2, 0.25) is 0 Å². The molecular weight excluding hydrogens is 268 g/mol. The van der Waals surface area contributed by atoms with Gasteiger partial charge in [0.25, 0.3) is 0 Å². The Morgan fingerprint density at radius 1 is 1.38 bits per heavy atom. The zero-order chi connectivity index (χ0) is 15.4. The van der Waals surface area contributed by atoms with E-state index in [1.807, 2.05) is 14.1 Å². The molecule has 0 saturated heterocycles. The Bertz CT molecular complexity index is 594. The van der Waals surface area contributed by atoms with E-state index >= 15 is 0 Å². The van der Waals surface area contributed by atoms with Gasteiger partial charge >= 0.3 is 0 Å². The summed E-state index contributed by atoms with van der Waals surface area (Å²) in [5.41, 5.74) is 0.829. The fourth-order valence-electron chi connectivity index (χ4n) is 2.30. The summed E-state index contributed by atoms with van der Waals surface area (Å²) in [6, 6.07) is 0.375. The molecule has 116 valence electrons. The highest BCUT2D eigenvalue weighted by Gasteiger charge is 2.15. The Hall–Kier alpha value is -1.73. The van der Waals surface area contributed by atoms with Crippen LogP contribution in [-0.4, -0.2) is 56.0 Å². The van der Waals surface area contributed by atoms with Crippen molar-refractivity contribution >= 4 is 16.9 Å². The van der Waals surface area contributed by atoms with Gasteiger partial charge in [0.2, 0.25) is 0 Å². The molecule has 0 unspecified atom stereocenters. The van der Waals surface area contributed by atoms with Crippen LogP contribution in [0.5, 0.6) is 0 Å². The molecule has 0 bridgehead atoms. The number of nitrogens with one attached hydrogen (secondary N) is 1. The maximum absolute atomic E-state index is 9.02. The second kappa shape index (κ2) is 6.82. The highest BCUT2D eigenvalue weighted by molar-refractivity contribution is 5.86. The molecule has 2 aromatic heterocycles. The van der Waals surface area contributed by atoms with Crippen molar-refractivity contribution in [3.05, 3.63) is 12.0 Å². The van der Waals surface area contributed by atoms with Crippen LogP contribution < -0.4 is 5.32 Å². The van der Waals surface area contributed by atoms with Gasteiger partial charge in [-0.15, -0.1) is 0 Å². The molecule has 21 heavy (non-hydrogen) atoms. The van der Waals surface area contributed by atoms with Gasteiger partial charge in [-0.3, -0.25) is 9.58 Å². The van der Waals surface area contributed by atoms with Crippen LogP contribution in [0.4, 0.5) is 5.82 Å². The molecular formula is C14H24N6O. The second-order valence-electron chi connectivity index (χ2n) is 5.39. The van der Waals surface area contributed by atoms with Gasteiger partial charge in [-0.2, -0.15) is 5.10 Å². The Kier molecular flexibility index (Phi) is 5.08. The molecule has 7 nitrogen and oxygen atoms in total. The van der Waals surface area contributed by atoms with Crippen molar-refractivity contribution in [1.82, 2.24) is 24.6 Å². The maximum atomic E-state index is 9.02. The first-order chi connectivity index (χ1) is 10.1. The molecule has 2 heterocycles. The van der Waals surface area contributed by atoms with Crippen LogP contribution in [-0.2, 0) is 13.6 Å². The first-order valence-electron chi connectivity index (χ1n) is 7.28. The van der Waals surface area contributed by atoms with E-state index in [0.29, 0.717) is 12.6 Å². The average molecular weight is 292 g/mol. The molecule has 0 fully saturated rings. The molecule has 2 N–H and O–H groups in total. The minimum Gasteiger partial charge on any atom is -0.396 e. The summed E-state index contributed by atoms with van der Waals surface area (Å²) in [6.07, 6.45) is 2.53. The first kappa shape index (κ1) is 15.7. The molecule has 0 aromatic carbocycles. The standard InChI is InChI=1S/C14H24N6O/c1-10(2)20(6-5-7-21)9-12-17-13(15-3)11-8-16-19(4)14(11)18-12/h8,10,21H,5-7,9H2,1-4H3,(H,15,17,18). The van der Waals surface area contributed by atoms with Gasteiger partial charge in [-0.25, -0.2) is 9.97 Å². The molecule has 0 atom stereocenters. The summed E-state index contributed by atoms with van der Waals surface area (Å²) in [5, 5.41) is 17.3. The Labute approximate surface area is 125 Å². The number of fused-ring (bicyclic) bond motifs is 1. The number of aryl methyl sites for hydroxylation is 1. The lowest BCUT2D eigenvalue weighted by atomic mass is 10.2. The lowest BCUT2D eigenvalue weighted by Crippen LogP contribution is -2.32. The van der Waals surface area contributed by atoms with Gasteiger partial charge in [0.15, 0.2) is 5.65 Å². The molecule has 0 radical (unpaired) electrons.